The summed E-state index contributed by atoms with van der Waals surface area (Å²) in [6, 6.07) is 2.54. The van der Waals surface area contributed by atoms with Crippen LogP contribution < -0.4 is 5.32 Å². The molecule has 1 aliphatic heterocycles. The van der Waals surface area contributed by atoms with Gasteiger partial charge in [0.2, 0.25) is 0 Å². The third kappa shape index (κ3) is 1.84. The zero-order valence-electron chi connectivity index (χ0n) is 6.95. The molecule has 1 aromatic rings. The van der Waals surface area contributed by atoms with Crippen LogP contribution in [0.2, 0.25) is 0 Å². The maximum absolute atomic E-state index is 5.06. The second-order valence-electron chi connectivity index (χ2n) is 2.99. The molecule has 2 rings (SSSR count). The van der Waals surface area contributed by atoms with Gasteiger partial charge in [-0.15, -0.1) is 0 Å². The first-order chi connectivity index (χ1) is 5.97. The number of nitrogens with one attached hydrogen (secondary N) is 1. The molecule has 2 nitrogen and oxygen atoms in total. The van der Waals surface area contributed by atoms with Crippen LogP contribution in [-0.4, -0.2) is 18.1 Å². The molecule has 66 valence electrons. The molecule has 1 atom stereocenters. The van der Waals surface area contributed by atoms with Gasteiger partial charge in [0.05, 0.1) is 12.5 Å². The Morgan fingerprint density at radius 1 is 1.58 bits per heavy atom. The van der Waals surface area contributed by atoms with E-state index in [1.807, 2.05) is 24.1 Å². The van der Waals surface area contributed by atoms with Gasteiger partial charge in [-0.25, -0.2) is 0 Å². The molecule has 0 aliphatic carbocycles. The topological polar surface area (TPSA) is 25.2 Å². The average Bonchev–Trinajstić information content (AvgIpc) is 2.48. The van der Waals surface area contributed by atoms with E-state index >= 15 is 0 Å². The van der Waals surface area contributed by atoms with Gasteiger partial charge in [0.25, 0.3) is 0 Å². The second kappa shape index (κ2) is 4.01. The van der Waals surface area contributed by atoms with E-state index < -0.39 is 0 Å². The molecule has 0 amide bonds. The monoisotopic (exact) mass is 183 g/mol. The fraction of sp³-hybridized carbons (Fsp3) is 0.556. The number of hydrogen-bond donors (Lipinski definition) is 1. The lowest BCUT2D eigenvalue weighted by atomic mass is 10.2. The first-order valence-electron chi connectivity index (χ1n) is 4.30. The largest absolute Gasteiger partial charge is 0.472 e. The van der Waals surface area contributed by atoms with Crippen LogP contribution in [0.1, 0.15) is 18.0 Å². The van der Waals surface area contributed by atoms with Crippen molar-refractivity contribution in [3.05, 3.63) is 24.2 Å². The predicted octanol–water partition coefficient (Wildman–Crippen LogP) is 2.05. The summed E-state index contributed by atoms with van der Waals surface area (Å²) in [6.07, 6.45) is 4.86. The van der Waals surface area contributed by atoms with E-state index in [4.69, 9.17) is 4.42 Å². The zero-order chi connectivity index (χ0) is 8.23. The van der Waals surface area contributed by atoms with Crippen molar-refractivity contribution in [2.45, 2.75) is 12.5 Å². The van der Waals surface area contributed by atoms with E-state index in [1.165, 1.54) is 23.5 Å². The van der Waals surface area contributed by atoms with Crippen molar-refractivity contribution in [3.8, 4) is 0 Å². The summed E-state index contributed by atoms with van der Waals surface area (Å²) in [4.78, 5) is 0. The molecule has 1 fully saturated rings. The van der Waals surface area contributed by atoms with Gasteiger partial charge >= 0.3 is 0 Å². The van der Waals surface area contributed by atoms with Crippen molar-refractivity contribution in [3.63, 3.8) is 0 Å². The van der Waals surface area contributed by atoms with Gasteiger partial charge in [0, 0.05) is 17.4 Å². The molecule has 1 aromatic heterocycles. The van der Waals surface area contributed by atoms with Crippen LogP contribution in [0.15, 0.2) is 23.0 Å². The highest BCUT2D eigenvalue weighted by atomic mass is 32.2. The highest BCUT2D eigenvalue weighted by molar-refractivity contribution is 7.99. The van der Waals surface area contributed by atoms with Gasteiger partial charge < -0.3 is 9.73 Å². The van der Waals surface area contributed by atoms with Crippen LogP contribution in [0.3, 0.4) is 0 Å². The van der Waals surface area contributed by atoms with E-state index in [9.17, 15) is 0 Å². The molecule has 0 saturated carbocycles. The van der Waals surface area contributed by atoms with E-state index in [1.54, 1.807) is 6.26 Å². The smallest absolute Gasteiger partial charge is 0.0950 e. The Morgan fingerprint density at radius 2 is 2.58 bits per heavy atom. The van der Waals surface area contributed by atoms with Crippen LogP contribution in [0.4, 0.5) is 0 Å². The van der Waals surface area contributed by atoms with E-state index in [2.05, 4.69) is 5.32 Å². The van der Waals surface area contributed by atoms with Crippen LogP contribution in [0.25, 0.3) is 0 Å². The first-order valence-corrected chi connectivity index (χ1v) is 5.45. The fourth-order valence-corrected chi connectivity index (χ4v) is 2.46. The Bertz CT molecular complexity index is 214. The molecule has 12 heavy (non-hydrogen) atoms. The summed E-state index contributed by atoms with van der Waals surface area (Å²) in [5.41, 5.74) is 1.28. The molecule has 1 unspecified atom stereocenters. The summed E-state index contributed by atoms with van der Waals surface area (Å²) in [5.74, 6) is 2.45. The molecule has 2 heterocycles. The number of rotatable bonds is 1. The Labute approximate surface area is 76.7 Å². The summed E-state index contributed by atoms with van der Waals surface area (Å²) in [7, 11) is 0. The maximum Gasteiger partial charge on any atom is 0.0950 e. The molecule has 0 aromatic carbocycles. The van der Waals surface area contributed by atoms with Crippen molar-refractivity contribution in [2.24, 2.45) is 0 Å². The number of thioether (sulfide) groups is 1. The van der Waals surface area contributed by atoms with Gasteiger partial charge in [-0.05, 0) is 24.8 Å². The standard InChI is InChI=1S/C9H13NOS/c1-3-10-9(7-12-5-1)8-2-4-11-6-8/h2,4,6,9-10H,1,3,5,7H2. The molecule has 0 spiro atoms. The Hall–Kier alpha value is -0.410. The minimum atomic E-state index is 0.497. The van der Waals surface area contributed by atoms with E-state index in [0.717, 1.165) is 6.54 Å². The predicted molar refractivity (Wildman–Crippen MR) is 51.4 cm³/mol. The second-order valence-corrected chi connectivity index (χ2v) is 4.14. The SMILES string of the molecule is c1cc(C2CSCCCN2)co1. The fourth-order valence-electron chi connectivity index (χ4n) is 1.40. The van der Waals surface area contributed by atoms with Crippen LogP contribution >= 0.6 is 11.8 Å². The highest BCUT2D eigenvalue weighted by Crippen LogP contribution is 2.21. The molecule has 1 aliphatic rings. The highest BCUT2D eigenvalue weighted by Gasteiger charge is 2.14. The minimum Gasteiger partial charge on any atom is -0.472 e. The quantitative estimate of drug-likeness (QED) is 0.721. The van der Waals surface area contributed by atoms with Crippen molar-refractivity contribution >= 4 is 11.8 Å². The maximum atomic E-state index is 5.06. The summed E-state index contributed by atoms with van der Waals surface area (Å²) in [5, 5.41) is 3.50. The molecule has 0 bridgehead atoms. The molecular weight excluding hydrogens is 170 g/mol. The summed E-state index contributed by atoms with van der Waals surface area (Å²) >= 11 is 2.02. The van der Waals surface area contributed by atoms with Crippen LogP contribution in [0, 0.1) is 0 Å². The van der Waals surface area contributed by atoms with E-state index in [-0.39, 0.29) is 0 Å². The number of furan rings is 1. The zero-order valence-corrected chi connectivity index (χ0v) is 7.77. The van der Waals surface area contributed by atoms with Gasteiger partial charge in [-0.3, -0.25) is 0 Å². The van der Waals surface area contributed by atoms with Crippen molar-refractivity contribution in [1.82, 2.24) is 5.32 Å². The van der Waals surface area contributed by atoms with Gasteiger partial charge in [0.1, 0.15) is 0 Å². The minimum absolute atomic E-state index is 0.497. The van der Waals surface area contributed by atoms with Crippen molar-refractivity contribution in [2.75, 3.05) is 18.1 Å². The Balaban J connectivity index is 2.02. The molecule has 0 radical (unpaired) electrons. The Kier molecular flexibility index (Phi) is 2.74. The van der Waals surface area contributed by atoms with Gasteiger partial charge in [0.15, 0.2) is 0 Å². The van der Waals surface area contributed by atoms with Gasteiger partial charge in [-0.1, -0.05) is 0 Å². The first kappa shape index (κ1) is 8.20. The lowest BCUT2D eigenvalue weighted by molar-refractivity contribution is 0.544. The average molecular weight is 183 g/mol. The summed E-state index contributed by atoms with van der Waals surface area (Å²) in [6.45, 7) is 1.13. The third-order valence-electron chi connectivity index (χ3n) is 2.09. The summed E-state index contributed by atoms with van der Waals surface area (Å²) < 4.78 is 5.06. The third-order valence-corrected chi connectivity index (χ3v) is 3.23. The van der Waals surface area contributed by atoms with Crippen LogP contribution in [0.5, 0.6) is 0 Å². The molecule has 1 N–H and O–H groups in total. The number of hydrogen-bond acceptors (Lipinski definition) is 3. The normalized spacial score (nSPS) is 25.2. The molecular formula is C9H13NOS. The lowest BCUT2D eigenvalue weighted by Gasteiger charge is -2.12. The molecule has 1 saturated heterocycles. The Morgan fingerprint density at radius 3 is 3.42 bits per heavy atom. The lowest BCUT2D eigenvalue weighted by Crippen LogP contribution is -2.21. The van der Waals surface area contributed by atoms with Crippen molar-refractivity contribution < 1.29 is 4.42 Å². The van der Waals surface area contributed by atoms with Crippen molar-refractivity contribution in [1.29, 1.82) is 0 Å². The van der Waals surface area contributed by atoms with Crippen LogP contribution in [-0.2, 0) is 0 Å². The van der Waals surface area contributed by atoms with E-state index in [0.29, 0.717) is 6.04 Å². The van der Waals surface area contributed by atoms with Gasteiger partial charge in [-0.2, -0.15) is 11.8 Å². The molecule has 3 heteroatoms.